The largest absolute Gasteiger partial charge is 0.355 e. The minimum absolute atomic E-state index is 0.181. The number of carbonyl (C=O) groups excluding carboxylic acids is 1. The van der Waals surface area contributed by atoms with E-state index in [1.54, 1.807) is 0 Å². The Labute approximate surface area is 187 Å². The van der Waals surface area contributed by atoms with Gasteiger partial charge in [-0.2, -0.15) is 12.7 Å². The van der Waals surface area contributed by atoms with E-state index in [0.717, 1.165) is 55.6 Å². The first-order valence-electron chi connectivity index (χ1n) is 11.7. The van der Waals surface area contributed by atoms with E-state index in [2.05, 4.69) is 14.9 Å². The predicted molar refractivity (Wildman–Crippen MR) is 125 cm³/mol. The number of hydrogen-bond acceptors (Lipinski definition) is 4. The lowest BCUT2D eigenvalue weighted by atomic mass is 10.0. The lowest BCUT2D eigenvalue weighted by Gasteiger charge is -2.34. The summed E-state index contributed by atoms with van der Waals surface area (Å²) in [6, 6.07) is 3.05. The van der Waals surface area contributed by atoms with Crippen LogP contribution in [0, 0.1) is 20.8 Å². The number of nitrogens with zero attached hydrogens (tertiary/aromatic N) is 2. The first-order chi connectivity index (χ1) is 14.8. The molecule has 1 atom stereocenters. The molecule has 0 bridgehead atoms. The van der Waals surface area contributed by atoms with Gasteiger partial charge in [-0.3, -0.25) is 9.52 Å². The summed E-state index contributed by atoms with van der Waals surface area (Å²) in [6.07, 6.45) is 6.92. The number of aryl methyl sites for hydroxylation is 2. The van der Waals surface area contributed by atoms with Gasteiger partial charge in [0.05, 0.1) is 5.69 Å². The fourth-order valence-electron chi connectivity index (χ4n) is 4.57. The second kappa shape index (κ2) is 10.8. The maximum Gasteiger partial charge on any atom is 0.302 e. The third-order valence-corrected chi connectivity index (χ3v) is 8.19. The van der Waals surface area contributed by atoms with Crippen molar-refractivity contribution in [3.05, 3.63) is 28.8 Å². The zero-order valence-corrected chi connectivity index (χ0v) is 20.1. The van der Waals surface area contributed by atoms with E-state index in [-0.39, 0.29) is 5.91 Å². The molecule has 3 rings (SSSR count). The number of amides is 1. The van der Waals surface area contributed by atoms with Crippen LogP contribution in [0.1, 0.15) is 61.6 Å². The van der Waals surface area contributed by atoms with Gasteiger partial charge < -0.3 is 10.2 Å². The maximum atomic E-state index is 13.1. The third-order valence-electron chi connectivity index (χ3n) is 6.64. The first-order valence-corrected chi connectivity index (χ1v) is 13.1. The molecule has 0 aliphatic carbocycles. The molecule has 0 saturated carbocycles. The molecular weight excluding hydrogens is 412 g/mol. The summed E-state index contributed by atoms with van der Waals surface area (Å²) in [4.78, 5) is 15.3. The summed E-state index contributed by atoms with van der Waals surface area (Å²) in [5.74, 6) is -0.181. The number of nitrogens with one attached hydrogen (secondary N) is 2. The normalized spacial score (nSPS) is 21.1. The molecule has 2 N–H and O–H groups in total. The van der Waals surface area contributed by atoms with E-state index in [1.165, 1.54) is 23.6 Å². The van der Waals surface area contributed by atoms with E-state index in [1.807, 2.05) is 32.9 Å². The van der Waals surface area contributed by atoms with Gasteiger partial charge in [-0.05, 0) is 101 Å². The van der Waals surface area contributed by atoms with Crippen molar-refractivity contribution in [1.29, 1.82) is 0 Å². The molecule has 0 spiro atoms. The highest BCUT2D eigenvalue weighted by Crippen LogP contribution is 2.25. The Morgan fingerprint density at radius 2 is 1.65 bits per heavy atom. The monoisotopic (exact) mass is 450 g/mol. The quantitative estimate of drug-likeness (QED) is 0.596. The molecule has 8 heteroatoms. The third kappa shape index (κ3) is 6.43. The smallest absolute Gasteiger partial charge is 0.302 e. The van der Waals surface area contributed by atoms with Gasteiger partial charge in [0.25, 0.3) is 0 Å². The summed E-state index contributed by atoms with van der Waals surface area (Å²) in [7, 11) is -3.81. The van der Waals surface area contributed by atoms with E-state index in [0.29, 0.717) is 25.2 Å². The number of likely N-dealkylation sites (tertiary alicyclic amines) is 1. The van der Waals surface area contributed by atoms with Crippen molar-refractivity contribution in [2.45, 2.75) is 71.8 Å². The highest BCUT2D eigenvalue weighted by Gasteiger charge is 2.36. The topological polar surface area (TPSA) is 81.8 Å². The van der Waals surface area contributed by atoms with Crippen LogP contribution in [0.3, 0.4) is 0 Å². The number of carbonyl (C=O) groups is 1. The molecule has 1 amide bonds. The van der Waals surface area contributed by atoms with Crippen LogP contribution in [-0.2, 0) is 15.0 Å². The van der Waals surface area contributed by atoms with Gasteiger partial charge in [0.1, 0.15) is 6.04 Å². The summed E-state index contributed by atoms with van der Waals surface area (Å²) in [5, 5.41) is 2.98. The summed E-state index contributed by atoms with van der Waals surface area (Å²) in [6.45, 7) is 10.2. The average Bonchev–Trinajstić information content (AvgIpc) is 2.75. The number of rotatable bonds is 8. The second-order valence-corrected chi connectivity index (χ2v) is 10.6. The molecule has 2 heterocycles. The summed E-state index contributed by atoms with van der Waals surface area (Å²) < 4.78 is 30.3. The Hall–Kier alpha value is -1.64. The standard InChI is InChI=1S/C23H38N4O3S/c1-18-16-21(17-19(2)20(18)3)25-31(29,30)27-15-8-5-10-22(27)23(28)24-11-9-14-26-12-6-4-7-13-26/h16-17,22,25H,4-15H2,1-3H3,(H,24,28)/t22-/m0/s1. The molecule has 2 fully saturated rings. The van der Waals surface area contributed by atoms with E-state index >= 15 is 0 Å². The van der Waals surface area contributed by atoms with Crippen molar-refractivity contribution in [2.24, 2.45) is 0 Å². The molecule has 0 unspecified atom stereocenters. The van der Waals surface area contributed by atoms with Gasteiger partial charge in [-0.1, -0.05) is 12.8 Å². The zero-order chi connectivity index (χ0) is 22.4. The van der Waals surface area contributed by atoms with Crippen molar-refractivity contribution < 1.29 is 13.2 Å². The molecule has 2 aliphatic heterocycles. The van der Waals surface area contributed by atoms with Crippen molar-refractivity contribution in [3.63, 3.8) is 0 Å². The van der Waals surface area contributed by atoms with Crippen LogP contribution in [-0.4, -0.2) is 62.3 Å². The van der Waals surface area contributed by atoms with Gasteiger partial charge >= 0.3 is 10.2 Å². The minimum Gasteiger partial charge on any atom is -0.355 e. The second-order valence-electron chi connectivity index (χ2n) is 9.01. The summed E-state index contributed by atoms with van der Waals surface area (Å²) >= 11 is 0. The van der Waals surface area contributed by atoms with Crippen molar-refractivity contribution in [3.8, 4) is 0 Å². The van der Waals surface area contributed by atoms with Gasteiger partial charge in [0.2, 0.25) is 5.91 Å². The average molecular weight is 451 g/mol. The van der Waals surface area contributed by atoms with Gasteiger partial charge in [-0.25, -0.2) is 0 Å². The first kappa shape index (κ1) is 24.0. The van der Waals surface area contributed by atoms with E-state index in [9.17, 15) is 13.2 Å². The molecule has 1 aromatic rings. The van der Waals surface area contributed by atoms with Crippen LogP contribution in [0.5, 0.6) is 0 Å². The molecule has 174 valence electrons. The molecule has 7 nitrogen and oxygen atoms in total. The van der Waals surface area contributed by atoms with E-state index < -0.39 is 16.3 Å². The molecular formula is C23H38N4O3S. The number of piperidine rings is 2. The van der Waals surface area contributed by atoms with Crippen molar-refractivity contribution in [2.75, 3.05) is 37.4 Å². The Morgan fingerprint density at radius 1 is 1.00 bits per heavy atom. The Kier molecular flexibility index (Phi) is 8.36. The number of hydrogen-bond donors (Lipinski definition) is 2. The fraction of sp³-hybridized carbons (Fsp3) is 0.696. The molecule has 1 aromatic carbocycles. The van der Waals surface area contributed by atoms with Gasteiger partial charge in [-0.15, -0.1) is 0 Å². The minimum atomic E-state index is -3.81. The Bertz CT molecular complexity index is 843. The van der Waals surface area contributed by atoms with Crippen molar-refractivity contribution in [1.82, 2.24) is 14.5 Å². The van der Waals surface area contributed by atoms with Crippen LogP contribution in [0.4, 0.5) is 5.69 Å². The Balaban J connectivity index is 1.58. The molecule has 0 aromatic heterocycles. The van der Waals surface area contributed by atoms with Gasteiger partial charge in [0.15, 0.2) is 0 Å². The van der Waals surface area contributed by atoms with Crippen LogP contribution < -0.4 is 10.0 Å². The van der Waals surface area contributed by atoms with Crippen LogP contribution in [0.2, 0.25) is 0 Å². The zero-order valence-electron chi connectivity index (χ0n) is 19.2. The SMILES string of the molecule is Cc1cc(NS(=O)(=O)N2CCCC[C@H]2C(=O)NCCCN2CCCCC2)cc(C)c1C. The molecule has 0 radical (unpaired) electrons. The number of anilines is 1. The van der Waals surface area contributed by atoms with Crippen LogP contribution >= 0.6 is 0 Å². The van der Waals surface area contributed by atoms with E-state index in [4.69, 9.17) is 0 Å². The van der Waals surface area contributed by atoms with Gasteiger partial charge in [0, 0.05) is 13.1 Å². The summed E-state index contributed by atoms with van der Waals surface area (Å²) in [5.41, 5.74) is 3.79. The fourth-order valence-corrected chi connectivity index (χ4v) is 6.01. The lowest BCUT2D eigenvalue weighted by molar-refractivity contribution is -0.125. The molecule has 2 aliphatic rings. The number of benzene rings is 1. The van der Waals surface area contributed by atoms with Crippen LogP contribution in [0.25, 0.3) is 0 Å². The molecule has 2 saturated heterocycles. The Morgan fingerprint density at radius 3 is 2.32 bits per heavy atom. The van der Waals surface area contributed by atoms with Crippen LogP contribution in [0.15, 0.2) is 12.1 Å². The lowest BCUT2D eigenvalue weighted by Crippen LogP contribution is -2.53. The predicted octanol–water partition coefficient (Wildman–Crippen LogP) is 3.12. The highest BCUT2D eigenvalue weighted by molar-refractivity contribution is 7.90. The maximum absolute atomic E-state index is 13.1. The van der Waals surface area contributed by atoms with Crippen molar-refractivity contribution >= 4 is 21.8 Å². The highest BCUT2D eigenvalue weighted by atomic mass is 32.2. The molecule has 31 heavy (non-hydrogen) atoms.